The molecular formula is C26H36S3. The minimum absolute atomic E-state index is 1.25. The lowest BCUT2D eigenvalue weighted by molar-refractivity contribution is 0.609. The molecule has 0 aliphatic heterocycles. The second-order valence-electron chi connectivity index (χ2n) is 8.02. The van der Waals surface area contributed by atoms with E-state index < -0.39 is 0 Å². The highest BCUT2D eigenvalue weighted by atomic mass is 32.1. The van der Waals surface area contributed by atoms with Gasteiger partial charge in [-0.1, -0.05) is 65.2 Å². The van der Waals surface area contributed by atoms with Gasteiger partial charge in [-0.3, -0.25) is 0 Å². The van der Waals surface area contributed by atoms with Crippen molar-refractivity contribution in [2.45, 2.75) is 90.9 Å². The normalized spacial score (nSPS) is 11.4. The molecule has 0 spiro atoms. The maximum atomic E-state index is 2.35. The van der Waals surface area contributed by atoms with Crippen LogP contribution in [0.2, 0.25) is 0 Å². The second kappa shape index (κ2) is 12.7. The van der Waals surface area contributed by atoms with Gasteiger partial charge in [0.05, 0.1) is 0 Å². The summed E-state index contributed by atoms with van der Waals surface area (Å²) in [7, 11) is 0. The highest BCUT2D eigenvalue weighted by Gasteiger charge is 2.10. The number of unbranched alkanes of at least 4 members (excludes halogenated alkanes) is 8. The Hall–Kier alpha value is -0.900. The van der Waals surface area contributed by atoms with Gasteiger partial charge in [0, 0.05) is 29.3 Å². The topological polar surface area (TPSA) is 0 Å². The van der Waals surface area contributed by atoms with Gasteiger partial charge in [0.1, 0.15) is 0 Å². The molecule has 0 aliphatic carbocycles. The van der Waals surface area contributed by atoms with Crippen molar-refractivity contribution in [3.8, 4) is 19.5 Å². The van der Waals surface area contributed by atoms with Crippen molar-refractivity contribution in [2.75, 3.05) is 0 Å². The van der Waals surface area contributed by atoms with Gasteiger partial charge in [-0.25, -0.2) is 0 Å². The molecule has 0 unspecified atom stereocenters. The van der Waals surface area contributed by atoms with E-state index in [0.717, 1.165) is 0 Å². The van der Waals surface area contributed by atoms with Gasteiger partial charge in [-0.15, -0.1) is 34.0 Å². The number of hydrogen-bond donors (Lipinski definition) is 0. The van der Waals surface area contributed by atoms with Crippen molar-refractivity contribution in [3.63, 3.8) is 0 Å². The van der Waals surface area contributed by atoms with Gasteiger partial charge >= 0.3 is 0 Å². The highest BCUT2D eigenvalue weighted by molar-refractivity contribution is 7.26. The van der Waals surface area contributed by atoms with Crippen molar-refractivity contribution in [1.29, 1.82) is 0 Å². The molecule has 0 fully saturated rings. The van der Waals surface area contributed by atoms with E-state index in [1.165, 1.54) is 96.6 Å². The van der Waals surface area contributed by atoms with Gasteiger partial charge in [-0.2, -0.15) is 0 Å². The number of rotatable bonds is 14. The predicted molar refractivity (Wildman–Crippen MR) is 136 cm³/mol. The van der Waals surface area contributed by atoms with Crippen LogP contribution >= 0.6 is 34.0 Å². The third-order valence-corrected chi connectivity index (χ3v) is 9.24. The van der Waals surface area contributed by atoms with Crippen LogP contribution in [0, 0.1) is 0 Å². The molecule has 0 atom stereocenters. The first-order valence-electron chi connectivity index (χ1n) is 11.6. The Morgan fingerprint density at radius 1 is 0.448 bits per heavy atom. The summed E-state index contributed by atoms with van der Waals surface area (Å²) < 4.78 is 0. The molecule has 0 amide bonds. The Bertz CT molecular complexity index is 821. The van der Waals surface area contributed by atoms with Gasteiger partial charge in [0.15, 0.2) is 0 Å². The Morgan fingerprint density at radius 3 is 1.34 bits per heavy atom. The van der Waals surface area contributed by atoms with Gasteiger partial charge in [0.25, 0.3) is 0 Å². The number of thiophene rings is 3. The maximum absolute atomic E-state index is 2.35. The monoisotopic (exact) mass is 444 g/mol. The quantitative estimate of drug-likeness (QED) is 0.217. The average molecular weight is 445 g/mol. The molecule has 0 radical (unpaired) electrons. The fourth-order valence-corrected chi connectivity index (χ4v) is 6.98. The van der Waals surface area contributed by atoms with Crippen LogP contribution in [-0.2, 0) is 12.8 Å². The summed E-state index contributed by atoms with van der Waals surface area (Å²) >= 11 is 5.94. The second-order valence-corrected chi connectivity index (χ2v) is 11.4. The molecule has 3 heterocycles. The molecule has 3 aromatic heterocycles. The van der Waals surface area contributed by atoms with Crippen molar-refractivity contribution < 1.29 is 0 Å². The summed E-state index contributed by atoms with van der Waals surface area (Å²) in [4.78, 5) is 8.83. The van der Waals surface area contributed by atoms with Crippen molar-refractivity contribution in [2.24, 2.45) is 0 Å². The molecule has 3 aromatic rings. The fourth-order valence-electron chi connectivity index (χ4n) is 3.70. The minimum atomic E-state index is 1.25. The lowest BCUT2D eigenvalue weighted by Gasteiger charge is -1.99. The summed E-state index contributed by atoms with van der Waals surface area (Å²) in [5.74, 6) is 0. The van der Waals surface area contributed by atoms with Gasteiger partial charge in [0.2, 0.25) is 0 Å². The van der Waals surface area contributed by atoms with Gasteiger partial charge in [-0.05, 0) is 62.1 Å². The Morgan fingerprint density at radius 2 is 0.828 bits per heavy atom. The molecule has 3 heteroatoms. The number of hydrogen-bond acceptors (Lipinski definition) is 3. The fraction of sp³-hybridized carbons (Fsp3) is 0.538. The SMILES string of the molecule is CCCCCCCCc1ccc(-c2ccc(-c3ccc(CCCCCC)s3)s2)s1. The van der Waals surface area contributed by atoms with Crippen LogP contribution in [0.15, 0.2) is 36.4 Å². The minimum Gasteiger partial charge on any atom is -0.139 e. The zero-order chi connectivity index (χ0) is 20.3. The summed E-state index contributed by atoms with van der Waals surface area (Å²) in [6, 6.07) is 14.0. The Kier molecular flexibility index (Phi) is 9.99. The first kappa shape index (κ1) is 22.8. The van der Waals surface area contributed by atoms with E-state index in [9.17, 15) is 0 Å². The maximum Gasteiger partial charge on any atom is 0.0449 e. The van der Waals surface area contributed by atoms with E-state index in [2.05, 4.69) is 50.2 Å². The molecule has 0 saturated carbocycles. The molecule has 0 saturated heterocycles. The van der Waals surface area contributed by atoms with Crippen molar-refractivity contribution >= 4 is 34.0 Å². The van der Waals surface area contributed by atoms with Gasteiger partial charge < -0.3 is 0 Å². The van der Waals surface area contributed by atoms with Crippen LogP contribution < -0.4 is 0 Å². The van der Waals surface area contributed by atoms with Crippen LogP contribution in [0.3, 0.4) is 0 Å². The van der Waals surface area contributed by atoms with Crippen molar-refractivity contribution in [3.05, 3.63) is 46.2 Å². The van der Waals surface area contributed by atoms with Crippen molar-refractivity contribution in [1.82, 2.24) is 0 Å². The summed E-state index contributed by atoms with van der Waals surface area (Å²) in [5.41, 5.74) is 0. The van der Waals surface area contributed by atoms with Crippen LogP contribution in [-0.4, -0.2) is 0 Å². The van der Waals surface area contributed by atoms with Crippen LogP contribution in [0.5, 0.6) is 0 Å². The predicted octanol–water partition coefficient (Wildman–Crippen LogP) is 10.2. The zero-order valence-corrected chi connectivity index (χ0v) is 20.6. The lowest BCUT2D eigenvalue weighted by atomic mass is 10.1. The van der Waals surface area contributed by atoms with E-state index in [4.69, 9.17) is 0 Å². The molecule has 0 aromatic carbocycles. The smallest absolute Gasteiger partial charge is 0.0449 e. The summed E-state index contributed by atoms with van der Waals surface area (Å²) in [6.07, 6.45) is 16.2. The van der Waals surface area contributed by atoms with E-state index in [1.54, 1.807) is 9.75 Å². The molecule has 158 valence electrons. The molecule has 0 nitrogen and oxygen atoms in total. The molecule has 0 bridgehead atoms. The third-order valence-electron chi connectivity index (χ3n) is 5.47. The summed E-state index contributed by atoms with van der Waals surface area (Å²) in [5, 5.41) is 0. The lowest BCUT2D eigenvalue weighted by Crippen LogP contribution is -1.82. The Balaban J connectivity index is 1.50. The molecule has 0 aliphatic rings. The van der Waals surface area contributed by atoms with Crippen LogP contribution in [0.1, 0.15) is 87.8 Å². The molecule has 0 N–H and O–H groups in total. The summed E-state index contributed by atoms with van der Waals surface area (Å²) in [6.45, 7) is 4.57. The molecule has 29 heavy (non-hydrogen) atoms. The Labute approximate surface area is 190 Å². The zero-order valence-electron chi connectivity index (χ0n) is 18.2. The first-order valence-corrected chi connectivity index (χ1v) is 14.0. The van der Waals surface area contributed by atoms with E-state index in [-0.39, 0.29) is 0 Å². The molecule has 3 rings (SSSR count). The highest BCUT2D eigenvalue weighted by Crippen LogP contribution is 2.40. The van der Waals surface area contributed by atoms with E-state index >= 15 is 0 Å². The molecular weight excluding hydrogens is 408 g/mol. The largest absolute Gasteiger partial charge is 0.139 e. The van der Waals surface area contributed by atoms with E-state index in [1.807, 2.05) is 34.0 Å². The average Bonchev–Trinajstić information content (AvgIpc) is 3.48. The first-order chi connectivity index (χ1) is 14.3. The van der Waals surface area contributed by atoms with Crippen LogP contribution in [0.25, 0.3) is 19.5 Å². The number of aryl methyl sites for hydroxylation is 2. The standard InChI is InChI=1S/C26H36S3/c1-3-5-7-9-10-12-14-22-16-18-24(28-22)26-20-19-25(29-26)23-17-15-21(27-23)13-11-8-6-4-2/h15-20H,3-14H2,1-2H3. The van der Waals surface area contributed by atoms with E-state index in [0.29, 0.717) is 0 Å². The third kappa shape index (κ3) is 7.38. The van der Waals surface area contributed by atoms with Crippen LogP contribution in [0.4, 0.5) is 0 Å².